The fourth-order valence-electron chi connectivity index (χ4n) is 2.18. The van der Waals surface area contributed by atoms with Crippen LogP contribution in [0.2, 0.25) is 0 Å². The molecule has 1 aromatic carbocycles. The number of rotatable bonds is 5. The van der Waals surface area contributed by atoms with Crippen molar-refractivity contribution in [2.24, 2.45) is 0 Å². The summed E-state index contributed by atoms with van der Waals surface area (Å²) in [5, 5.41) is 2.86. The Hall–Kier alpha value is -1.43. The zero-order valence-corrected chi connectivity index (χ0v) is 11.4. The number of ether oxygens (including phenoxy) is 3. The van der Waals surface area contributed by atoms with Gasteiger partial charge in [0.2, 0.25) is 0 Å². The summed E-state index contributed by atoms with van der Waals surface area (Å²) in [6, 6.07) is 5.39. The van der Waals surface area contributed by atoms with Crippen LogP contribution >= 0.6 is 0 Å². The lowest BCUT2D eigenvalue weighted by Gasteiger charge is -2.22. The van der Waals surface area contributed by atoms with Crippen LogP contribution in [0.5, 0.6) is 0 Å². The van der Waals surface area contributed by atoms with Gasteiger partial charge in [-0.1, -0.05) is 6.07 Å². The van der Waals surface area contributed by atoms with Gasteiger partial charge in [0.15, 0.2) is 6.29 Å². The third kappa shape index (κ3) is 3.12. The fourth-order valence-corrected chi connectivity index (χ4v) is 2.18. The molecule has 2 rings (SSSR count). The first kappa shape index (κ1) is 14.0. The van der Waals surface area contributed by atoms with Crippen molar-refractivity contribution in [3.63, 3.8) is 0 Å². The zero-order valence-electron chi connectivity index (χ0n) is 11.4. The average Bonchev–Trinajstić information content (AvgIpc) is 2.87. The highest BCUT2D eigenvalue weighted by molar-refractivity contribution is 5.94. The molecule has 1 unspecified atom stereocenters. The second-order valence-electron chi connectivity index (χ2n) is 4.58. The van der Waals surface area contributed by atoms with Crippen LogP contribution in [0.25, 0.3) is 0 Å². The standard InChI is InChI=1S/C14H19NO4/c1-9(14(17-2)18-3)15-13(16)10-4-5-11-7-19-8-12(11)6-10/h4-6,9,14H,7-8H2,1-3H3,(H,15,16). The van der Waals surface area contributed by atoms with Crippen LogP contribution in [0.1, 0.15) is 28.4 Å². The van der Waals surface area contributed by atoms with E-state index in [1.54, 1.807) is 14.2 Å². The lowest BCUT2D eigenvalue weighted by Crippen LogP contribution is -2.42. The van der Waals surface area contributed by atoms with E-state index < -0.39 is 6.29 Å². The van der Waals surface area contributed by atoms with Crippen LogP contribution < -0.4 is 5.32 Å². The third-order valence-corrected chi connectivity index (χ3v) is 3.22. The van der Waals surface area contributed by atoms with Crippen LogP contribution in [0.4, 0.5) is 0 Å². The lowest BCUT2D eigenvalue weighted by atomic mass is 10.1. The molecule has 1 aromatic rings. The van der Waals surface area contributed by atoms with Crippen LogP contribution in [0.15, 0.2) is 18.2 Å². The number of fused-ring (bicyclic) bond motifs is 1. The van der Waals surface area contributed by atoms with Crippen molar-refractivity contribution in [2.75, 3.05) is 14.2 Å². The molecule has 0 saturated heterocycles. The first-order chi connectivity index (χ1) is 9.15. The van der Waals surface area contributed by atoms with E-state index in [0.717, 1.165) is 11.1 Å². The van der Waals surface area contributed by atoms with Crippen molar-refractivity contribution in [2.45, 2.75) is 32.5 Å². The van der Waals surface area contributed by atoms with Crippen LogP contribution in [-0.2, 0) is 27.4 Å². The van der Waals surface area contributed by atoms with Gasteiger partial charge in [0.25, 0.3) is 5.91 Å². The molecule has 19 heavy (non-hydrogen) atoms. The average molecular weight is 265 g/mol. The molecule has 1 N–H and O–H groups in total. The smallest absolute Gasteiger partial charge is 0.251 e. The van der Waals surface area contributed by atoms with E-state index in [9.17, 15) is 4.79 Å². The Bertz CT molecular complexity index is 457. The first-order valence-electron chi connectivity index (χ1n) is 6.21. The second kappa shape index (κ2) is 6.14. The maximum Gasteiger partial charge on any atom is 0.251 e. The number of carbonyl (C=O) groups is 1. The fraction of sp³-hybridized carbons (Fsp3) is 0.500. The van der Waals surface area contributed by atoms with Gasteiger partial charge in [-0.15, -0.1) is 0 Å². The van der Waals surface area contributed by atoms with Gasteiger partial charge in [0, 0.05) is 19.8 Å². The Kier molecular flexibility index (Phi) is 4.52. The maximum atomic E-state index is 12.1. The van der Waals surface area contributed by atoms with E-state index >= 15 is 0 Å². The number of benzene rings is 1. The number of nitrogens with one attached hydrogen (secondary N) is 1. The molecule has 104 valence electrons. The summed E-state index contributed by atoms with van der Waals surface area (Å²) in [6.45, 7) is 3.04. The summed E-state index contributed by atoms with van der Waals surface area (Å²) in [5.41, 5.74) is 2.86. The summed E-state index contributed by atoms with van der Waals surface area (Å²) >= 11 is 0. The molecular formula is C14H19NO4. The number of carbonyl (C=O) groups excluding carboxylic acids is 1. The van der Waals surface area contributed by atoms with Gasteiger partial charge < -0.3 is 19.5 Å². The van der Waals surface area contributed by atoms with E-state index in [-0.39, 0.29) is 11.9 Å². The van der Waals surface area contributed by atoms with Crippen molar-refractivity contribution >= 4 is 5.91 Å². The van der Waals surface area contributed by atoms with Gasteiger partial charge in [0.1, 0.15) is 0 Å². The number of methoxy groups -OCH3 is 2. The van der Waals surface area contributed by atoms with Gasteiger partial charge in [-0.25, -0.2) is 0 Å². The monoisotopic (exact) mass is 265 g/mol. The highest BCUT2D eigenvalue weighted by atomic mass is 16.7. The van der Waals surface area contributed by atoms with Crippen molar-refractivity contribution in [3.05, 3.63) is 34.9 Å². The maximum absolute atomic E-state index is 12.1. The Morgan fingerprint density at radius 2 is 1.95 bits per heavy atom. The molecule has 1 heterocycles. The van der Waals surface area contributed by atoms with E-state index in [2.05, 4.69) is 5.32 Å². The van der Waals surface area contributed by atoms with Crippen molar-refractivity contribution < 1.29 is 19.0 Å². The molecule has 0 spiro atoms. The summed E-state index contributed by atoms with van der Waals surface area (Å²) in [6.07, 6.45) is -0.457. The molecule has 1 atom stereocenters. The van der Waals surface area contributed by atoms with E-state index in [1.165, 1.54) is 0 Å². The highest BCUT2D eigenvalue weighted by Gasteiger charge is 2.20. The number of hydrogen-bond acceptors (Lipinski definition) is 4. The molecule has 1 aliphatic heterocycles. The summed E-state index contributed by atoms with van der Waals surface area (Å²) in [7, 11) is 3.09. The molecule has 1 amide bonds. The summed E-state index contributed by atoms with van der Waals surface area (Å²) in [4.78, 5) is 12.1. The zero-order chi connectivity index (χ0) is 13.8. The first-order valence-corrected chi connectivity index (χ1v) is 6.21. The predicted molar refractivity (Wildman–Crippen MR) is 69.7 cm³/mol. The van der Waals surface area contributed by atoms with Gasteiger partial charge in [0.05, 0.1) is 19.3 Å². The normalized spacial score (nSPS) is 15.4. The van der Waals surface area contributed by atoms with Crippen molar-refractivity contribution in [1.82, 2.24) is 5.32 Å². The van der Waals surface area contributed by atoms with E-state index in [4.69, 9.17) is 14.2 Å². The molecule has 1 aliphatic rings. The van der Waals surface area contributed by atoms with Crippen LogP contribution in [0, 0.1) is 0 Å². The highest BCUT2D eigenvalue weighted by Crippen LogP contribution is 2.20. The van der Waals surface area contributed by atoms with Gasteiger partial charge >= 0.3 is 0 Å². The summed E-state index contributed by atoms with van der Waals surface area (Å²) < 4.78 is 15.6. The van der Waals surface area contributed by atoms with E-state index in [0.29, 0.717) is 18.8 Å². The predicted octanol–water partition coefficient (Wildman–Crippen LogP) is 1.45. The van der Waals surface area contributed by atoms with Crippen LogP contribution in [0.3, 0.4) is 0 Å². The number of amides is 1. The molecule has 0 bridgehead atoms. The summed E-state index contributed by atoms with van der Waals surface area (Å²) in [5.74, 6) is -0.138. The largest absolute Gasteiger partial charge is 0.372 e. The number of hydrogen-bond donors (Lipinski definition) is 1. The quantitative estimate of drug-likeness (QED) is 0.819. The molecule has 0 radical (unpaired) electrons. The Labute approximate surface area is 112 Å². The Morgan fingerprint density at radius 3 is 2.63 bits per heavy atom. The van der Waals surface area contributed by atoms with Crippen molar-refractivity contribution in [3.8, 4) is 0 Å². The molecule has 5 heteroatoms. The minimum Gasteiger partial charge on any atom is -0.372 e. The van der Waals surface area contributed by atoms with Crippen LogP contribution in [-0.4, -0.2) is 32.5 Å². The minimum atomic E-state index is -0.457. The topological polar surface area (TPSA) is 56.8 Å². The van der Waals surface area contributed by atoms with Gasteiger partial charge in [-0.05, 0) is 30.2 Å². The molecule has 0 saturated carbocycles. The van der Waals surface area contributed by atoms with Gasteiger partial charge in [-0.3, -0.25) is 4.79 Å². The Morgan fingerprint density at radius 1 is 1.26 bits per heavy atom. The second-order valence-corrected chi connectivity index (χ2v) is 4.58. The van der Waals surface area contributed by atoms with Crippen molar-refractivity contribution in [1.29, 1.82) is 0 Å². The van der Waals surface area contributed by atoms with Gasteiger partial charge in [-0.2, -0.15) is 0 Å². The molecule has 0 fully saturated rings. The molecular weight excluding hydrogens is 246 g/mol. The SMILES string of the molecule is COC(OC)C(C)NC(=O)c1ccc2c(c1)COC2. The minimum absolute atomic E-state index is 0.138. The molecule has 0 aliphatic carbocycles. The molecule has 5 nitrogen and oxygen atoms in total. The lowest BCUT2D eigenvalue weighted by molar-refractivity contribution is -0.117. The van der Waals surface area contributed by atoms with E-state index in [1.807, 2.05) is 25.1 Å². The molecule has 0 aromatic heterocycles. The Balaban J connectivity index is 2.04. The third-order valence-electron chi connectivity index (χ3n) is 3.22.